The molecule has 0 radical (unpaired) electrons. The van der Waals surface area contributed by atoms with Crippen LogP contribution in [0.25, 0.3) is 0 Å². The van der Waals surface area contributed by atoms with E-state index in [1.54, 1.807) is 13.8 Å². The third-order valence-electron chi connectivity index (χ3n) is 1.41. The largest absolute Gasteiger partial charge is 0.464 e. The Bertz CT molecular complexity index is 187. The molecule has 0 saturated carbocycles. The van der Waals surface area contributed by atoms with Gasteiger partial charge in [0, 0.05) is 12.2 Å². The molecular weight excluding hydrogens is 238 g/mol. The van der Waals surface area contributed by atoms with Crippen molar-refractivity contribution in [2.24, 2.45) is 0 Å². The molecular formula is C12H27NO3S. The quantitative estimate of drug-likeness (QED) is 0.593. The van der Waals surface area contributed by atoms with Crippen LogP contribution in [0.2, 0.25) is 0 Å². The summed E-state index contributed by atoms with van der Waals surface area (Å²) < 4.78 is 4.74. The molecule has 0 bridgehead atoms. The van der Waals surface area contributed by atoms with Crippen molar-refractivity contribution in [2.45, 2.75) is 54.0 Å². The SMILES string of the molecule is CC.CC.CCOC(=O)[C@H](CS)NC(=O)CC. The molecule has 0 saturated heterocycles. The zero-order valence-corrected chi connectivity index (χ0v) is 12.8. The Morgan fingerprint density at radius 2 is 1.65 bits per heavy atom. The van der Waals surface area contributed by atoms with Crippen LogP contribution in [0.3, 0.4) is 0 Å². The fraction of sp³-hybridized carbons (Fsp3) is 0.833. The van der Waals surface area contributed by atoms with Crippen molar-refractivity contribution in [3.05, 3.63) is 0 Å². The molecule has 1 amide bonds. The number of thiol groups is 1. The lowest BCUT2D eigenvalue weighted by Gasteiger charge is -2.13. The number of amides is 1. The summed E-state index contributed by atoms with van der Waals surface area (Å²) in [6, 6.07) is -0.629. The zero-order chi connectivity index (χ0) is 14.3. The van der Waals surface area contributed by atoms with E-state index in [1.807, 2.05) is 27.7 Å². The number of carbonyl (C=O) groups excluding carboxylic acids is 2. The Kier molecular flexibility index (Phi) is 22.4. The molecule has 1 atom stereocenters. The van der Waals surface area contributed by atoms with Crippen molar-refractivity contribution in [1.82, 2.24) is 5.32 Å². The summed E-state index contributed by atoms with van der Waals surface area (Å²) in [6.07, 6.45) is 0.351. The van der Waals surface area contributed by atoms with Gasteiger partial charge in [0.1, 0.15) is 6.04 Å². The van der Waals surface area contributed by atoms with E-state index in [0.717, 1.165) is 0 Å². The van der Waals surface area contributed by atoms with Crippen LogP contribution in [0.5, 0.6) is 0 Å². The molecule has 4 nitrogen and oxygen atoms in total. The third kappa shape index (κ3) is 13.2. The highest BCUT2D eigenvalue weighted by Gasteiger charge is 2.19. The molecule has 17 heavy (non-hydrogen) atoms. The predicted octanol–water partition coefficient (Wildman–Crippen LogP) is 2.43. The highest BCUT2D eigenvalue weighted by atomic mass is 32.1. The van der Waals surface area contributed by atoms with Crippen molar-refractivity contribution in [2.75, 3.05) is 12.4 Å². The molecule has 0 rings (SSSR count). The number of carbonyl (C=O) groups is 2. The summed E-state index contributed by atoms with van der Waals surface area (Å²) in [5, 5.41) is 2.51. The highest BCUT2D eigenvalue weighted by Crippen LogP contribution is 1.93. The summed E-state index contributed by atoms with van der Waals surface area (Å²) in [6.45, 7) is 11.7. The van der Waals surface area contributed by atoms with Gasteiger partial charge in [-0.05, 0) is 6.92 Å². The number of ether oxygens (including phenoxy) is 1. The predicted molar refractivity (Wildman–Crippen MR) is 75.4 cm³/mol. The van der Waals surface area contributed by atoms with Crippen LogP contribution < -0.4 is 5.32 Å². The van der Waals surface area contributed by atoms with E-state index >= 15 is 0 Å². The third-order valence-corrected chi connectivity index (χ3v) is 1.78. The second-order valence-corrected chi connectivity index (χ2v) is 2.77. The fourth-order valence-corrected chi connectivity index (χ4v) is 0.959. The lowest BCUT2D eigenvalue weighted by Crippen LogP contribution is -2.42. The van der Waals surface area contributed by atoms with E-state index in [-0.39, 0.29) is 11.7 Å². The molecule has 0 aromatic heterocycles. The van der Waals surface area contributed by atoms with E-state index < -0.39 is 12.0 Å². The molecule has 0 fully saturated rings. The van der Waals surface area contributed by atoms with E-state index in [0.29, 0.717) is 13.0 Å². The van der Waals surface area contributed by atoms with Gasteiger partial charge in [-0.2, -0.15) is 12.6 Å². The lowest BCUT2D eigenvalue weighted by molar-refractivity contribution is -0.146. The standard InChI is InChI=1S/C8H15NO3S.2C2H6/c1-3-7(10)9-6(5-13)8(11)12-4-2;2*1-2/h6,13H,3-5H2,1-2H3,(H,9,10);2*1-2H3/t6-;;/m0../s1. The molecule has 0 aliphatic rings. The molecule has 0 aromatic carbocycles. The number of hydrogen-bond acceptors (Lipinski definition) is 4. The number of nitrogens with one attached hydrogen (secondary N) is 1. The van der Waals surface area contributed by atoms with Gasteiger partial charge in [-0.1, -0.05) is 34.6 Å². The first-order valence-corrected chi connectivity index (χ1v) is 6.85. The Hall–Kier alpha value is -0.710. The van der Waals surface area contributed by atoms with Crippen LogP contribution in [0, 0.1) is 0 Å². The Balaban J connectivity index is -0.000000439. The van der Waals surface area contributed by atoms with Gasteiger partial charge in [0.2, 0.25) is 5.91 Å². The van der Waals surface area contributed by atoms with E-state index in [1.165, 1.54) is 0 Å². The monoisotopic (exact) mass is 265 g/mol. The van der Waals surface area contributed by atoms with Crippen LogP contribution in [0.15, 0.2) is 0 Å². The summed E-state index contributed by atoms with van der Waals surface area (Å²) in [4.78, 5) is 22.1. The second kappa shape index (κ2) is 17.7. The topological polar surface area (TPSA) is 55.4 Å². The second-order valence-electron chi connectivity index (χ2n) is 2.41. The van der Waals surface area contributed by atoms with Crippen molar-refractivity contribution < 1.29 is 14.3 Å². The van der Waals surface area contributed by atoms with Crippen LogP contribution in [-0.2, 0) is 14.3 Å². The van der Waals surface area contributed by atoms with Crippen molar-refractivity contribution in [3.63, 3.8) is 0 Å². The van der Waals surface area contributed by atoms with Gasteiger partial charge in [0.15, 0.2) is 0 Å². The molecule has 0 aliphatic heterocycles. The summed E-state index contributed by atoms with van der Waals surface area (Å²) in [7, 11) is 0. The molecule has 0 heterocycles. The molecule has 104 valence electrons. The Morgan fingerprint density at radius 1 is 1.18 bits per heavy atom. The van der Waals surface area contributed by atoms with E-state index in [4.69, 9.17) is 4.74 Å². The molecule has 5 heteroatoms. The number of esters is 1. The van der Waals surface area contributed by atoms with Gasteiger partial charge in [0.05, 0.1) is 6.61 Å². The molecule has 1 N–H and O–H groups in total. The fourth-order valence-electron chi connectivity index (χ4n) is 0.718. The van der Waals surface area contributed by atoms with Gasteiger partial charge in [-0.15, -0.1) is 0 Å². The molecule has 0 spiro atoms. The van der Waals surface area contributed by atoms with Crippen molar-refractivity contribution in [1.29, 1.82) is 0 Å². The van der Waals surface area contributed by atoms with Crippen LogP contribution >= 0.6 is 12.6 Å². The highest BCUT2D eigenvalue weighted by molar-refractivity contribution is 7.80. The van der Waals surface area contributed by atoms with Crippen molar-refractivity contribution in [3.8, 4) is 0 Å². The summed E-state index contributed by atoms with van der Waals surface area (Å²) in [5.41, 5.74) is 0. The van der Waals surface area contributed by atoms with Crippen LogP contribution in [0.1, 0.15) is 48.0 Å². The van der Waals surface area contributed by atoms with Gasteiger partial charge >= 0.3 is 5.97 Å². The van der Waals surface area contributed by atoms with E-state index in [9.17, 15) is 9.59 Å². The molecule has 0 aromatic rings. The Morgan fingerprint density at radius 3 is 1.94 bits per heavy atom. The normalized spacial score (nSPS) is 9.82. The number of rotatable bonds is 5. The Labute approximate surface area is 111 Å². The lowest BCUT2D eigenvalue weighted by atomic mass is 10.3. The first kappa shape index (κ1) is 21.6. The maximum absolute atomic E-state index is 11.1. The smallest absolute Gasteiger partial charge is 0.329 e. The first-order valence-electron chi connectivity index (χ1n) is 6.22. The van der Waals surface area contributed by atoms with Gasteiger partial charge in [-0.3, -0.25) is 4.79 Å². The maximum atomic E-state index is 11.1. The minimum atomic E-state index is -0.629. The average molecular weight is 265 g/mol. The molecule has 0 aliphatic carbocycles. The minimum absolute atomic E-state index is 0.174. The average Bonchev–Trinajstić information content (AvgIpc) is 2.40. The first-order chi connectivity index (χ1) is 8.15. The molecule has 0 unspecified atom stereocenters. The minimum Gasteiger partial charge on any atom is -0.464 e. The number of hydrogen-bond donors (Lipinski definition) is 2. The van der Waals surface area contributed by atoms with Crippen LogP contribution in [-0.4, -0.2) is 30.3 Å². The van der Waals surface area contributed by atoms with Gasteiger partial charge in [-0.25, -0.2) is 4.79 Å². The summed E-state index contributed by atoms with van der Waals surface area (Å²) >= 11 is 3.95. The van der Waals surface area contributed by atoms with Gasteiger partial charge < -0.3 is 10.1 Å². The zero-order valence-electron chi connectivity index (χ0n) is 11.9. The van der Waals surface area contributed by atoms with Crippen molar-refractivity contribution >= 4 is 24.5 Å². The maximum Gasteiger partial charge on any atom is 0.329 e. The van der Waals surface area contributed by atoms with E-state index in [2.05, 4.69) is 17.9 Å². The van der Waals surface area contributed by atoms with Crippen LogP contribution in [0.4, 0.5) is 0 Å². The van der Waals surface area contributed by atoms with Gasteiger partial charge in [0.25, 0.3) is 0 Å². The summed E-state index contributed by atoms with van der Waals surface area (Å²) in [5.74, 6) is -0.351.